The van der Waals surface area contributed by atoms with Crippen LogP contribution in [0.15, 0.2) is 29.2 Å². The van der Waals surface area contributed by atoms with Crippen molar-refractivity contribution in [2.24, 2.45) is 17.1 Å². The van der Waals surface area contributed by atoms with E-state index in [1.165, 1.54) is 19.3 Å². The van der Waals surface area contributed by atoms with E-state index >= 15 is 0 Å². The number of ketones is 1. The van der Waals surface area contributed by atoms with Gasteiger partial charge in [-0.3, -0.25) is 10.1 Å². The smallest absolute Gasteiger partial charge is 0.178 e. The summed E-state index contributed by atoms with van der Waals surface area (Å²) >= 11 is -1.13. The number of benzene rings is 1. The van der Waals surface area contributed by atoms with Gasteiger partial charge >= 0.3 is 0 Å². The molecule has 0 saturated heterocycles. The highest BCUT2D eigenvalue weighted by molar-refractivity contribution is 7.89. The van der Waals surface area contributed by atoms with Crippen LogP contribution in [0, 0.1) is 11.3 Å². The Morgan fingerprint density at radius 2 is 1.96 bits per heavy atom. The normalized spacial score (nSPS) is 23.4. The van der Waals surface area contributed by atoms with Gasteiger partial charge in [-0.05, 0) is 30.2 Å². The summed E-state index contributed by atoms with van der Waals surface area (Å²) in [5.74, 6) is 0.530. The number of nitrogens with one attached hydrogen (secondary N) is 1. The molecule has 0 radical (unpaired) electrons. The van der Waals surface area contributed by atoms with Gasteiger partial charge in [-0.15, -0.1) is 4.31 Å². The molecule has 3 atom stereocenters. The van der Waals surface area contributed by atoms with E-state index in [1.807, 2.05) is 22.5 Å². The summed E-state index contributed by atoms with van der Waals surface area (Å²) in [6.45, 7) is 7.52. The lowest BCUT2D eigenvalue weighted by molar-refractivity contribution is -0.123. The Kier molecular flexibility index (Phi) is 7.21. The molecule has 1 aliphatic heterocycles. The number of nitrogens with zero attached hydrogens (tertiary/aromatic N) is 1. The molecule has 1 aromatic rings. The van der Waals surface area contributed by atoms with Crippen LogP contribution in [0.3, 0.4) is 0 Å². The SMILES string of the molecule is CC(C)(C)CC(=O)C(N)N[C@H](CN1Cc2ccccc2[S+]1[O-])C1CCCCC1. The minimum Gasteiger partial charge on any atom is -0.593 e. The largest absolute Gasteiger partial charge is 0.593 e. The van der Waals surface area contributed by atoms with Crippen LogP contribution in [-0.2, 0) is 22.7 Å². The van der Waals surface area contributed by atoms with Gasteiger partial charge in [-0.1, -0.05) is 58.2 Å². The summed E-state index contributed by atoms with van der Waals surface area (Å²) in [4.78, 5) is 13.5. The Bertz CT molecular complexity index is 670. The van der Waals surface area contributed by atoms with Crippen molar-refractivity contribution in [1.82, 2.24) is 9.62 Å². The van der Waals surface area contributed by atoms with Crippen LogP contribution in [-0.4, -0.2) is 33.4 Å². The lowest BCUT2D eigenvalue weighted by atomic mass is 9.83. The maximum Gasteiger partial charge on any atom is 0.178 e. The van der Waals surface area contributed by atoms with Crippen LogP contribution < -0.4 is 11.1 Å². The molecule has 1 aliphatic carbocycles. The molecule has 2 unspecified atom stereocenters. The van der Waals surface area contributed by atoms with Gasteiger partial charge in [0.25, 0.3) is 0 Å². The average Bonchev–Trinajstić information content (AvgIpc) is 2.96. The molecule has 1 heterocycles. The van der Waals surface area contributed by atoms with Crippen LogP contribution in [0.5, 0.6) is 0 Å². The molecule has 156 valence electrons. The molecule has 3 rings (SSSR count). The number of fused-ring (bicyclic) bond motifs is 1. The Balaban J connectivity index is 1.68. The van der Waals surface area contributed by atoms with Gasteiger partial charge in [-0.2, -0.15) is 0 Å². The summed E-state index contributed by atoms with van der Waals surface area (Å²) in [6, 6.07) is 8.02. The van der Waals surface area contributed by atoms with Crippen LogP contribution >= 0.6 is 0 Å². The zero-order valence-corrected chi connectivity index (χ0v) is 18.3. The highest BCUT2D eigenvalue weighted by Crippen LogP contribution is 2.33. The fourth-order valence-electron chi connectivity index (χ4n) is 4.37. The zero-order chi connectivity index (χ0) is 20.3. The monoisotopic (exact) mass is 405 g/mol. The van der Waals surface area contributed by atoms with Gasteiger partial charge in [0.1, 0.15) is 6.17 Å². The van der Waals surface area contributed by atoms with Crippen molar-refractivity contribution >= 4 is 17.1 Å². The number of Topliss-reactive ketones (excluding diaryl/α,β-unsaturated/α-hetero) is 1. The Labute approximate surface area is 172 Å². The van der Waals surface area contributed by atoms with Gasteiger partial charge in [0, 0.05) is 18.0 Å². The average molecular weight is 406 g/mol. The van der Waals surface area contributed by atoms with E-state index in [-0.39, 0.29) is 17.2 Å². The first-order valence-electron chi connectivity index (χ1n) is 10.5. The Morgan fingerprint density at radius 1 is 1.29 bits per heavy atom. The quantitative estimate of drug-likeness (QED) is 0.537. The van der Waals surface area contributed by atoms with Crippen LogP contribution in [0.2, 0.25) is 0 Å². The van der Waals surface area contributed by atoms with Crippen molar-refractivity contribution in [2.45, 2.75) is 82.9 Å². The highest BCUT2D eigenvalue weighted by atomic mass is 32.2. The van der Waals surface area contributed by atoms with Crippen LogP contribution in [0.1, 0.15) is 64.9 Å². The lowest BCUT2D eigenvalue weighted by Gasteiger charge is -2.35. The maximum absolute atomic E-state index is 12.9. The highest BCUT2D eigenvalue weighted by Gasteiger charge is 2.38. The molecule has 1 aromatic carbocycles. The molecule has 1 saturated carbocycles. The van der Waals surface area contributed by atoms with Gasteiger partial charge in [0.05, 0.1) is 24.5 Å². The number of carbonyl (C=O) groups is 1. The van der Waals surface area contributed by atoms with Gasteiger partial charge in [-0.25, -0.2) is 0 Å². The second kappa shape index (κ2) is 9.26. The molecular weight excluding hydrogens is 370 g/mol. The third kappa shape index (κ3) is 5.57. The number of nitrogens with two attached hydrogens (primary N) is 1. The van der Waals surface area contributed by atoms with Gasteiger partial charge in [0.15, 0.2) is 10.7 Å². The molecule has 5 nitrogen and oxygen atoms in total. The molecular formula is C22H35N3O2S. The molecule has 2 aliphatic rings. The first kappa shape index (κ1) is 21.8. The fraction of sp³-hybridized carbons (Fsp3) is 0.682. The van der Waals surface area contributed by atoms with E-state index in [1.54, 1.807) is 0 Å². The predicted molar refractivity (Wildman–Crippen MR) is 114 cm³/mol. The lowest BCUT2D eigenvalue weighted by Crippen LogP contribution is -2.56. The zero-order valence-electron chi connectivity index (χ0n) is 17.4. The summed E-state index contributed by atoms with van der Waals surface area (Å²) < 4.78 is 15.0. The third-order valence-electron chi connectivity index (χ3n) is 5.81. The standard InChI is InChI=1S/C22H35N3O2S/c1-22(2,3)13-19(26)21(23)24-18(16-9-5-4-6-10-16)15-25-14-17-11-7-8-12-20(17)28(25)27/h7-8,11-12,16,18,21,24H,4-6,9-10,13-15,23H2,1-3H3/t18-,21?,28?/m1/s1. The molecule has 0 amide bonds. The molecule has 1 fully saturated rings. The van der Waals surface area contributed by atoms with Crippen molar-refractivity contribution in [3.05, 3.63) is 29.8 Å². The van der Waals surface area contributed by atoms with E-state index < -0.39 is 17.5 Å². The minimum absolute atomic E-state index is 0.0548. The summed E-state index contributed by atoms with van der Waals surface area (Å²) in [5.41, 5.74) is 7.33. The number of hydrogen-bond acceptors (Lipinski definition) is 5. The van der Waals surface area contributed by atoms with E-state index in [9.17, 15) is 9.35 Å². The first-order valence-corrected chi connectivity index (χ1v) is 11.6. The first-order chi connectivity index (χ1) is 13.2. The number of hydrogen-bond donors (Lipinski definition) is 2. The molecule has 0 bridgehead atoms. The summed E-state index contributed by atoms with van der Waals surface area (Å²) in [5, 5.41) is 3.44. The molecule has 0 spiro atoms. The summed E-state index contributed by atoms with van der Waals surface area (Å²) in [7, 11) is 0. The minimum atomic E-state index is -1.13. The van der Waals surface area contributed by atoms with E-state index in [4.69, 9.17) is 5.73 Å². The molecule has 0 aromatic heterocycles. The van der Waals surface area contributed by atoms with E-state index in [0.717, 1.165) is 23.3 Å². The molecule has 3 N–H and O–H groups in total. The van der Waals surface area contributed by atoms with Gasteiger partial charge in [0.2, 0.25) is 0 Å². The topological polar surface area (TPSA) is 81.4 Å². The second-order valence-corrected chi connectivity index (χ2v) is 11.0. The maximum atomic E-state index is 12.9. The van der Waals surface area contributed by atoms with Crippen molar-refractivity contribution in [1.29, 1.82) is 0 Å². The second-order valence-electron chi connectivity index (χ2n) is 9.53. The van der Waals surface area contributed by atoms with Crippen molar-refractivity contribution in [3.8, 4) is 0 Å². The Morgan fingerprint density at radius 3 is 2.61 bits per heavy atom. The Hall–Kier alpha value is -0.920. The number of rotatable bonds is 7. The fourth-order valence-corrected chi connectivity index (χ4v) is 5.76. The van der Waals surface area contributed by atoms with Crippen LogP contribution in [0.4, 0.5) is 0 Å². The summed E-state index contributed by atoms with van der Waals surface area (Å²) in [6.07, 6.45) is 5.80. The van der Waals surface area contributed by atoms with Gasteiger partial charge < -0.3 is 10.3 Å². The van der Waals surface area contributed by atoms with Crippen molar-refractivity contribution in [2.75, 3.05) is 6.54 Å². The van der Waals surface area contributed by atoms with E-state index in [2.05, 4.69) is 32.2 Å². The van der Waals surface area contributed by atoms with Crippen molar-refractivity contribution < 1.29 is 9.35 Å². The number of carbonyl (C=O) groups excluding carboxylic acids is 1. The predicted octanol–water partition coefficient (Wildman–Crippen LogP) is 3.35. The van der Waals surface area contributed by atoms with Crippen molar-refractivity contribution in [3.63, 3.8) is 0 Å². The molecule has 6 heteroatoms. The third-order valence-corrected chi connectivity index (χ3v) is 7.33. The molecule has 28 heavy (non-hydrogen) atoms. The van der Waals surface area contributed by atoms with Crippen LogP contribution in [0.25, 0.3) is 0 Å². The van der Waals surface area contributed by atoms with E-state index in [0.29, 0.717) is 25.4 Å².